The standard InChI is InChI=1S/C17H11ClF4N4O/c18-12-2-1-3-13(19)11(12)7-16(27)25-14-6-10(17(20,21)22)4-5-15(14)26-9-23-8-24-26/h1-6,8-9H,7H2,(H,25,27). The monoisotopic (exact) mass is 398 g/mol. The highest BCUT2D eigenvalue weighted by atomic mass is 35.5. The largest absolute Gasteiger partial charge is 0.416 e. The van der Waals surface area contributed by atoms with Crippen LogP contribution in [0.4, 0.5) is 23.2 Å². The molecule has 0 saturated heterocycles. The van der Waals surface area contributed by atoms with Crippen molar-refractivity contribution in [1.29, 1.82) is 0 Å². The van der Waals surface area contributed by atoms with Gasteiger partial charge in [0.15, 0.2) is 0 Å². The summed E-state index contributed by atoms with van der Waals surface area (Å²) in [6.07, 6.45) is -2.58. The van der Waals surface area contributed by atoms with Crippen molar-refractivity contribution in [3.05, 3.63) is 71.0 Å². The van der Waals surface area contributed by atoms with Crippen LogP contribution in [0.5, 0.6) is 0 Å². The molecule has 0 aliphatic rings. The van der Waals surface area contributed by atoms with Crippen LogP contribution in [0.2, 0.25) is 5.02 Å². The molecule has 1 aromatic heterocycles. The summed E-state index contributed by atoms with van der Waals surface area (Å²) in [6, 6.07) is 6.73. The predicted molar refractivity (Wildman–Crippen MR) is 90.1 cm³/mol. The average molecular weight is 399 g/mol. The SMILES string of the molecule is O=C(Cc1c(F)cccc1Cl)Nc1cc(C(F)(F)F)ccc1-n1cncn1. The van der Waals surface area contributed by atoms with Gasteiger partial charge in [-0.3, -0.25) is 4.79 Å². The van der Waals surface area contributed by atoms with Crippen LogP contribution >= 0.6 is 11.6 Å². The second kappa shape index (κ2) is 7.36. The van der Waals surface area contributed by atoms with Crippen LogP contribution in [0.15, 0.2) is 49.1 Å². The predicted octanol–water partition coefficient (Wildman–Crippen LogP) is 4.26. The van der Waals surface area contributed by atoms with E-state index in [4.69, 9.17) is 11.6 Å². The van der Waals surface area contributed by atoms with Crippen LogP contribution in [-0.2, 0) is 17.4 Å². The van der Waals surface area contributed by atoms with E-state index in [0.29, 0.717) is 0 Å². The van der Waals surface area contributed by atoms with Crippen molar-refractivity contribution < 1.29 is 22.4 Å². The minimum atomic E-state index is -4.60. The van der Waals surface area contributed by atoms with Crippen molar-refractivity contribution in [2.75, 3.05) is 5.32 Å². The van der Waals surface area contributed by atoms with Crippen molar-refractivity contribution in [1.82, 2.24) is 14.8 Å². The van der Waals surface area contributed by atoms with Crippen molar-refractivity contribution in [2.24, 2.45) is 0 Å². The Kier molecular flexibility index (Phi) is 5.13. The van der Waals surface area contributed by atoms with Gasteiger partial charge in [0.1, 0.15) is 18.5 Å². The summed E-state index contributed by atoms with van der Waals surface area (Å²) < 4.78 is 54.1. The molecule has 0 spiro atoms. The highest BCUT2D eigenvalue weighted by Crippen LogP contribution is 2.33. The Morgan fingerprint density at radius 1 is 1.22 bits per heavy atom. The van der Waals surface area contributed by atoms with Gasteiger partial charge in [0, 0.05) is 10.6 Å². The van der Waals surface area contributed by atoms with Crippen molar-refractivity contribution in [3.8, 4) is 5.69 Å². The van der Waals surface area contributed by atoms with Crippen LogP contribution in [0.1, 0.15) is 11.1 Å². The summed E-state index contributed by atoms with van der Waals surface area (Å²) >= 11 is 5.88. The lowest BCUT2D eigenvalue weighted by Gasteiger charge is -2.15. The molecule has 1 heterocycles. The molecule has 5 nitrogen and oxygen atoms in total. The number of nitrogens with zero attached hydrogens (tertiary/aromatic N) is 3. The Morgan fingerprint density at radius 3 is 2.63 bits per heavy atom. The molecule has 0 atom stereocenters. The average Bonchev–Trinajstić information content (AvgIpc) is 3.12. The van der Waals surface area contributed by atoms with Crippen LogP contribution in [-0.4, -0.2) is 20.7 Å². The molecule has 0 aliphatic heterocycles. The molecule has 1 amide bonds. The lowest BCUT2D eigenvalue weighted by molar-refractivity contribution is -0.137. The minimum absolute atomic E-state index is 0.0469. The number of amides is 1. The van der Waals surface area contributed by atoms with Crippen LogP contribution in [0.3, 0.4) is 0 Å². The molecule has 0 fully saturated rings. The number of hydrogen-bond donors (Lipinski definition) is 1. The van der Waals surface area contributed by atoms with Crippen LogP contribution in [0.25, 0.3) is 5.69 Å². The molecule has 0 aliphatic carbocycles. The fourth-order valence-electron chi connectivity index (χ4n) is 2.40. The van der Waals surface area contributed by atoms with E-state index < -0.39 is 29.9 Å². The smallest absolute Gasteiger partial charge is 0.324 e. The Hall–Kier alpha value is -2.94. The summed E-state index contributed by atoms with van der Waals surface area (Å²) in [6.45, 7) is 0. The molecular formula is C17H11ClF4N4O. The highest BCUT2D eigenvalue weighted by molar-refractivity contribution is 6.31. The van der Waals surface area contributed by atoms with Gasteiger partial charge in [-0.1, -0.05) is 17.7 Å². The van der Waals surface area contributed by atoms with Gasteiger partial charge in [0.2, 0.25) is 5.91 Å². The van der Waals surface area contributed by atoms with Gasteiger partial charge < -0.3 is 5.32 Å². The van der Waals surface area contributed by atoms with Crippen molar-refractivity contribution >= 4 is 23.2 Å². The van der Waals surface area contributed by atoms with E-state index in [1.807, 2.05) is 0 Å². The molecular weight excluding hydrogens is 388 g/mol. The molecule has 3 rings (SSSR count). The van der Waals surface area contributed by atoms with E-state index in [1.54, 1.807) is 0 Å². The maximum atomic E-state index is 13.8. The van der Waals surface area contributed by atoms with Crippen molar-refractivity contribution in [2.45, 2.75) is 12.6 Å². The summed E-state index contributed by atoms with van der Waals surface area (Å²) in [7, 11) is 0. The normalized spacial score (nSPS) is 11.4. The fraction of sp³-hybridized carbons (Fsp3) is 0.118. The van der Waals surface area contributed by atoms with Crippen molar-refractivity contribution in [3.63, 3.8) is 0 Å². The maximum Gasteiger partial charge on any atom is 0.416 e. The number of rotatable bonds is 4. The number of nitrogens with one attached hydrogen (secondary N) is 1. The lowest BCUT2D eigenvalue weighted by Crippen LogP contribution is -2.18. The zero-order valence-electron chi connectivity index (χ0n) is 13.5. The molecule has 10 heteroatoms. The van der Waals surface area contributed by atoms with Gasteiger partial charge >= 0.3 is 6.18 Å². The maximum absolute atomic E-state index is 13.8. The number of halogens is 5. The molecule has 0 unspecified atom stereocenters. The third kappa shape index (κ3) is 4.25. The number of alkyl halides is 3. The second-order valence-electron chi connectivity index (χ2n) is 5.49. The first-order valence-electron chi connectivity index (χ1n) is 7.54. The topological polar surface area (TPSA) is 59.8 Å². The van der Waals surface area contributed by atoms with E-state index in [9.17, 15) is 22.4 Å². The summed E-state index contributed by atoms with van der Waals surface area (Å²) in [5.41, 5.74) is -0.974. The highest BCUT2D eigenvalue weighted by Gasteiger charge is 2.31. The molecule has 1 N–H and O–H groups in total. The first-order valence-corrected chi connectivity index (χ1v) is 7.92. The number of hydrogen-bond acceptors (Lipinski definition) is 3. The van der Waals surface area contributed by atoms with E-state index in [2.05, 4.69) is 15.4 Å². The summed E-state index contributed by atoms with van der Waals surface area (Å²) in [4.78, 5) is 16.0. The molecule has 2 aromatic carbocycles. The number of benzene rings is 2. The van der Waals surface area contributed by atoms with Gasteiger partial charge in [-0.2, -0.15) is 18.3 Å². The molecule has 0 bridgehead atoms. The van der Waals surface area contributed by atoms with Gasteiger partial charge in [-0.05, 0) is 30.3 Å². The van der Waals surface area contributed by atoms with E-state index in [-0.39, 0.29) is 22.0 Å². The van der Waals surface area contributed by atoms with E-state index >= 15 is 0 Å². The van der Waals surface area contributed by atoms with E-state index in [1.165, 1.54) is 29.5 Å². The Labute approximate surface area is 155 Å². The molecule has 140 valence electrons. The van der Waals surface area contributed by atoms with Gasteiger partial charge in [0.05, 0.1) is 23.4 Å². The number of anilines is 1. The van der Waals surface area contributed by atoms with Crippen LogP contribution < -0.4 is 5.32 Å². The number of aromatic nitrogens is 3. The molecule has 0 saturated carbocycles. The second-order valence-corrected chi connectivity index (χ2v) is 5.90. The Balaban J connectivity index is 1.93. The minimum Gasteiger partial charge on any atom is -0.324 e. The third-order valence-electron chi connectivity index (χ3n) is 3.66. The van der Waals surface area contributed by atoms with Gasteiger partial charge in [-0.15, -0.1) is 0 Å². The third-order valence-corrected chi connectivity index (χ3v) is 4.02. The van der Waals surface area contributed by atoms with Gasteiger partial charge in [-0.25, -0.2) is 14.1 Å². The molecule has 3 aromatic rings. The van der Waals surface area contributed by atoms with E-state index in [0.717, 1.165) is 24.3 Å². The zero-order valence-corrected chi connectivity index (χ0v) is 14.2. The quantitative estimate of drug-likeness (QED) is 0.668. The molecule has 0 radical (unpaired) electrons. The summed E-state index contributed by atoms with van der Waals surface area (Å²) in [5, 5.41) is 6.26. The first-order chi connectivity index (χ1) is 12.8. The lowest BCUT2D eigenvalue weighted by atomic mass is 10.1. The fourth-order valence-corrected chi connectivity index (χ4v) is 2.63. The molecule has 27 heavy (non-hydrogen) atoms. The first kappa shape index (κ1) is 18.8. The number of carbonyl (C=O) groups is 1. The number of carbonyl (C=O) groups excluding carboxylic acids is 1. The zero-order chi connectivity index (χ0) is 19.6. The Bertz CT molecular complexity index is 953. The Morgan fingerprint density at radius 2 is 2.00 bits per heavy atom. The van der Waals surface area contributed by atoms with Crippen LogP contribution in [0, 0.1) is 5.82 Å². The summed E-state index contributed by atoms with van der Waals surface area (Å²) in [5.74, 6) is -1.42. The van der Waals surface area contributed by atoms with Gasteiger partial charge in [0.25, 0.3) is 0 Å².